The second-order valence-corrected chi connectivity index (χ2v) is 11.0. The SMILES string of the molecule is COC(=O)c1cc2c(C(=O)OC)cc1Cn1cc(nn1)CCCCCCCC(=O)CCCCCCCc1cn(nn1)C2. The van der Waals surface area contributed by atoms with E-state index in [2.05, 4.69) is 20.6 Å². The minimum absolute atomic E-state index is 0.239. The van der Waals surface area contributed by atoms with Crippen molar-refractivity contribution in [2.45, 2.75) is 103 Å². The van der Waals surface area contributed by atoms with Crippen LogP contribution in [-0.2, 0) is 40.2 Å². The van der Waals surface area contributed by atoms with E-state index in [-0.39, 0.29) is 13.1 Å². The molecular weight excluding hydrogens is 536 g/mol. The molecule has 1 aromatic carbocycles. The molecule has 0 amide bonds. The summed E-state index contributed by atoms with van der Waals surface area (Å²) in [5.41, 5.74) is 3.58. The van der Waals surface area contributed by atoms with E-state index in [9.17, 15) is 14.4 Å². The van der Waals surface area contributed by atoms with Crippen LogP contribution in [0, 0.1) is 0 Å². The van der Waals surface area contributed by atoms with Crippen LogP contribution < -0.4 is 0 Å². The zero-order valence-electron chi connectivity index (χ0n) is 24.8. The zero-order chi connectivity index (χ0) is 29.7. The number of ether oxygens (including phenoxy) is 2. The van der Waals surface area contributed by atoms with Crippen molar-refractivity contribution in [2.24, 2.45) is 0 Å². The summed E-state index contributed by atoms with van der Waals surface area (Å²) in [5, 5.41) is 17.1. The van der Waals surface area contributed by atoms with Crippen molar-refractivity contribution < 1.29 is 23.9 Å². The minimum atomic E-state index is -0.507. The summed E-state index contributed by atoms with van der Waals surface area (Å²) in [5.74, 6) is -0.624. The van der Waals surface area contributed by atoms with Crippen molar-refractivity contribution in [3.05, 3.63) is 58.2 Å². The summed E-state index contributed by atoms with van der Waals surface area (Å²) < 4.78 is 13.5. The van der Waals surface area contributed by atoms with Gasteiger partial charge in [-0.1, -0.05) is 49.0 Å². The number of aryl methyl sites for hydroxylation is 2. The Kier molecular flexibility index (Phi) is 11.8. The lowest BCUT2D eigenvalue weighted by Crippen LogP contribution is -2.16. The molecule has 226 valence electrons. The number of hydrogen-bond acceptors (Lipinski definition) is 9. The number of nitrogens with zero attached hydrogens (tertiary/aromatic N) is 6. The van der Waals surface area contributed by atoms with Crippen LogP contribution in [0.25, 0.3) is 0 Å². The summed E-state index contributed by atoms with van der Waals surface area (Å²) in [6.45, 7) is 0.479. The molecule has 11 heteroatoms. The summed E-state index contributed by atoms with van der Waals surface area (Å²) in [6, 6.07) is 3.34. The molecule has 0 radical (unpaired) electrons. The molecule has 0 fully saturated rings. The van der Waals surface area contributed by atoms with E-state index in [1.807, 2.05) is 12.4 Å². The van der Waals surface area contributed by atoms with Gasteiger partial charge in [0, 0.05) is 25.2 Å². The van der Waals surface area contributed by atoms with Gasteiger partial charge in [-0.3, -0.25) is 4.79 Å². The van der Waals surface area contributed by atoms with E-state index in [1.165, 1.54) is 14.2 Å². The van der Waals surface area contributed by atoms with Crippen molar-refractivity contribution in [2.75, 3.05) is 14.2 Å². The number of Topliss-reactive ketones (excluding diaryl/α,β-unsaturated/α-hetero) is 1. The van der Waals surface area contributed by atoms with Gasteiger partial charge in [-0.2, -0.15) is 0 Å². The lowest BCUT2D eigenvalue weighted by atomic mass is 9.97. The van der Waals surface area contributed by atoms with Gasteiger partial charge in [0.15, 0.2) is 0 Å². The molecule has 11 nitrogen and oxygen atoms in total. The average Bonchev–Trinajstić information content (AvgIpc) is 3.64. The van der Waals surface area contributed by atoms with Crippen LogP contribution >= 0.6 is 0 Å². The number of benzene rings is 1. The van der Waals surface area contributed by atoms with E-state index in [0.717, 1.165) is 88.4 Å². The van der Waals surface area contributed by atoms with E-state index in [4.69, 9.17) is 9.47 Å². The maximum absolute atomic E-state index is 12.8. The van der Waals surface area contributed by atoms with Crippen molar-refractivity contribution in [3.8, 4) is 0 Å². The molecule has 0 saturated carbocycles. The minimum Gasteiger partial charge on any atom is -0.465 e. The third-order valence-corrected chi connectivity index (χ3v) is 7.75. The van der Waals surface area contributed by atoms with Crippen molar-refractivity contribution in [1.82, 2.24) is 30.0 Å². The first-order valence-electron chi connectivity index (χ1n) is 15.1. The third-order valence-electron chi connectivity index (χ3n) is 7.75. The Morgan fingerprint density at radius 1 is 0.619 bits per heavy atom. The molecule has 42 heavy (non-hydrogen) atoms. The number of aromatic nitrogens is 6. The van der Waals surface area contributed by atoms with E-state index in [0.29, 0.717) is 40.9 Å². The second kappa shape index (κ2) is 15.9. The second-order valence-electron chi connectivity index (χ2n) is 11.0. The highest BCUT2D eigenvalue weighted by Crippen LogP contribution is 2.22. The van der Waals surface area contributed by atoms with Crippen LogP contribution in [0.5, 0.6) is 0 Å². The summed E-state index contributed by atoms with van der Waals surface area (Å²) >= 11 is 0. The number of fused-ring (bicyclic) bond motifs is 16. The fraction of sp³-hybridized carbons (Fsp3) is 0.581. The molecule has 0 N–H and O–H groups in total. The number of hydrogen-bond donors (Lipinski definition) is 0. The van der Waals surface area contributed by atoms with Crippen molar-refractivity contribution >= 4 is 17.7 Å². The number of rotatable bonds is 2. The molecule has 0 spiro atoms. The first kappa shape index (κ1) is 31.1. The number of esters is 2. The molecule has 3 aromatic rings. The van der Waals surface area contributed by atoms with E-state index >= 15 is 0 Å². The molecule has 4 heterocycles. The Morgan fingerprint density at radius 3 is 1.40 bits per heavy atom. The molecular formula is C31H42N6O5. The Labute approximate surface area is 247 Å². The van der Waals surface area contributed by atoms with Gasteiger partial charge in [0.1, 0.15) is 5.78 Å². The highest BCUT2D eigenvalue weighted by Gasteiger charge is 2.22. The molecule has 6 bridgehead atoms. The lowest BCUT2D eigenvalue weighted by molar-refractivity contribution is -0.119. The van der Waals surface area contributed by atoms with Gasteiger partial charge in [-0.25, -0.2) is 19.0 Å². The topological polar surface area (TPSA) is 131 Å². The standard InChI is InChI=1S/C31H42N6O5/c1-41-30(39)28-17-24-20-37-22-26(33-35-37)14-10-6-4-8-12-16-27(38)15-11-7-3-5-9-13-25-21-36(34-32-25)19-23(28)18-29(24)31(40)42-2/h17-18,21-22H,3-16,19-20H2,1-2H3. The molecule has 2 aliphatic heterocycles. The van der Waals surface area contributed by atoms with Crippen LogP contribution in [0.3, 0.4) is 0 Å². The smallest absolute Gasteiger partial charge is 0.338 e. The van der Waals surface area contributed by atoms with Crippen LogP contribution in [0.2, 0.25) is 0 Å². The van der Waals surface area contributed by atoms with Crippen LogP contribution in [0.4, 0.5) is 0 Å². The highest BCUT2D eigenvalue weighted by atomic mass is 16.5. The summed E-state index contributed by atoms with van der Waals surface area (Å²) in [6.07, 6.45) is 17.1. The first-order chi connectivity index (χ1) is 20.5. The molecule has 0 atom stereocenters. The maximum Gasteiger partial charge on any atom is 0.338 e. The molecule has 0 aliphatic carbocycles. The number of ketones is 1. The molecule has 2 aromatic heterocycles. The first-order valence-corrected chi connectivity index (χ1v) is 15.1. The van der Waals surface area contributed by atoms with Gasteiger partial charge in [-0.05, 0) is 61.8 Å². The molecule has 0 saturated heterocycles. The van der Waals surface area contributed by atoms with Gasteiger partial charge < -0.3 is 9.47 Å². The maximum atomic E-state index is 12.8. The van der Waals surface area contributed by atoms with Gasteiger partial charge in [0.2, 0.25) is 0 Å². The Morgan fingerprint density at radius 2 is 1.00 bits per heavy atom. The van der Waals surface area contributed by atoms with Crippen LogP contribution in [-0.4, -0.2) is 61.9 Å². The lowest BCUT2D eigenvalue weighted by Gasteiger charge is -2.14. The Balaban J connectivity index is 1.57. The van der Waals surface area contributed by atoms with Gasteiger partial charge >= 0.3 is 11.9 Å². The number of methoxy groups -OCH3 is 2. The van der Waals surface area contributed by atoms with Crippen molar-refractivity contribution in [3.63, 3.8) is 0 Å². The van der Waals surface area contributed by atoms with Crippen LogP contribution in [0.15, 0.2) is 24.5 Å². The van der Waals surface area contributed by atoms with Crippen molar-refractivity contribution in [1.29, 1.82) is 0 Å². The molecule has 2 aliphatic rings. The third kappa shape index (κ3) is 9.06. The number of carbonyl (C=O) groups is 3. The fourth-order valence-corrected chi connectivity index (χ4v) is 5.40. The normalized spacial score (nSPS) is 16.5. The fourth-order valence-electron chi connectivity index (χ4n) is 5.40. The van der Waals surface area contributed by atoms with Gasteiger partial charge in [0.25, 0.3) is 0 Å². The molecule has 5 rings (SSSR count). The zero-order valence-corrected chi connectivity index (χ0v) is 24.8. The quantitative estimate of drug-likeness (QED) is 0.390. The monoisotopic (exact) mass is 578 g/mol. The predicted molar refractivity (Wildman–Crippen MR) is 155 cm³/mol. The Hall–Kier alpha value is -3.89. The van der Waals surface area contributed by atoms with Gasteiger partial charge in [0.05, 0.1) is 49.8 Å². The largest absolute Gasteiger partial charge is 0.465 e. The van der Waals surface area contributed by atoms with Gasteiger partial charge in [-0.15, -0.1) is 10.2 Å². The van der Waals surface area contributed by atoms with E-state index in [1.54, 1.807) is 21.5 Å². The Bertz CT molecular complexity index is 1250. The van der Waals surface area contributed by atoms with Crippen LogP contribution in [0.1, 0.15) is 120 Å². The molecule has 0 unspecified atom stereocenters. The number of carbonyl (C=O) groups excluding carboxylic acids is 3. The highest BCUT2D eigenvalue weighted by molar-refractivity contribution is 5.96. The predicted octanol–water partition coefficient (Wildman–Crippen LogP) is 4.89. The summed E-state index contributed by atoms with van der Waals surface area (Å²) in [4.78, 5) is 37.8. The average molecular weight is 579 g/mol. The summed E-state index contributed by atoms with van der Waals surface area (Å²) in [7, 11) is 2.67. The van der Waals surface area contributed by atoms with E-state index < -0.39 is 11.9 Å².